The van der Waals surface area contributed by atoms with E-state index in [0.29, 0.717) is 6.54 Å². The predicted octanol–water partition coefficient (Wildman–Crippen LogP) is 1.31. The third kappa shape index (κ3) is 2.02. The molecule has 0 aliphatic heterocycles. The van der Waals surface area contributed by atoms with Gasteiger partial charge in [0.15, 0.2) is 0 Å². The maximum absolute atomic E-state index is 9.53. The second-order valence-corrected chi connectivity index (χ2v) is 3.33. The van der Waals surface area contributed by atoms with Crippen LogP contribution in [0.3, 0.4) is 0 Å². The Bertz CT molecular complexity index is 222. The zero-order chi connectivity index (χ0) is 8.27. The van der Waals surface area contributed by atoms with E-state index >= 15 is 0 Å². The van der Waals surface area contributed by atoms with Gasteiger partial charge in [0.1, 0.15) is 0 Å². The Morgan fingerprint density at radius 2 is 2.36 bits per heavy atom. The Kier molecular flexibility index (Phi) is 3.05. The van der Waals surface area contributed by atoms with E-state index in [1.807, 2.05) is 24.7 Å². The molecule has 0 spiro atoms. The summed E-state index contributed by atoms with van der Waals surface area (Å²) in [6.45, 7) is 2.64. The van der Waals surface area contributed by atoms with Crippen LogP contribution < -0.4 is 5.32 Å². The van der Waals surface area contributed by atoms with E-state index in [1.165, 1.54) is 5.56 Å². The Labute approximate surface area is 70.9 Å². The van der Waals surface area contributed by atoms with Gasteiger partial charge in [0.25, 0.3) is 0 Å². The fourth-order valence-corrected chi connectivity index (χ4v) is 1.91. The molecule has 0 aromatic carbocycles. The van der Waals surface area contributed by atoms with Crippen molar-refractivity contribution in [3.8, 4) is 0 Å². The first-order valence-electron chi connectivity index (χ1n) is 3.61. The van der Waals surface area contributed by atoms with Crippen LogP contribution >= 0.6 is 11.3 Å². The van der Waals surface area contributed by atoms with Gasteiger partial charge in [0.05, 0.1) is 6.10 Å². The molecule has 2 nitrogen and oxygen atoms in total. The van der Waals surface area contributed by atoms with Crippen LogP contribution in [0.2, 0.25) is 0 Å². The van der Waals surface area contributed by atoms with Crippen molar-refractivity contribution >= 4 is 11.3 Å². The fourth-order valence-electron chi connectivity index (χ4n) is 1.02. The predicted molar refractivity (Wildman–Crippen MR) is 47.9 cm³/mol. The summed E-state index contributed by atoms with van der Waals surface area (Å²) >= 11 is 1.63. The highest BCUT2D eigenvalue weighted by atomic mass is 32.1. The summed E-state index contributed by atoms with van der Waals surface area (Å²) in [5.41, 5.74) is 2.22. The Morgan fingerprint density at radius 1 is 1.64 bits per heavy atom. The van der Waals surface area contributed by atoms with Gasteiger partial charge in [-0.15, -0.1) is 0 Å². The first-order chi connectivity index (χ1) is 5.25. The molecule has 1 aromatic heterocycles. The van der Waals surface area contributed by atoms with Crippen molar-refractivity contribution in [2.24, 2.45) is 0 Å². The van der Waals surface area contributed by atoms with E-state index in [1.54, 1.807) is 11.3 Å². The molecule has 0 amide bonds. The first-order valence-corrected chi connectivity index (χ1v) is 4.55. The molecule has 1 rings (SSSR count). The van der Waals surface area contributed by atoms with Gasteiger partial charge in [-0.05, 0) is 35.9 Å². The molecule has 1 atom stereocenters. The van der Waals surface area contributed by atoms with Crippen LogP contribution in [0.1, 0.15) is 17.2 Å². The average Bonchev–Trinajstić information content (AvgIpc) is 2.36. The molecule has 0 saturated carbocycles. The van der Waals surface area contributed by atoms with Gasteiger partial charge < -0.3 is 10.4 Å². The van der Waals surface area contributed by atoms with E-state index in [2.05, 4.69) is 5.32 Å². The summed E-state index contributed by atoms with van der Waals surface area (Å²) in [6.07, 6.45) is -0.355. The van der Waals surface area contributed by atoms with E-state index in [4.69, 9.17) is 0 Å². The van der Waals surface area contributed by atoms with E-state index in [9.17, 15) is 5.11 Å². The summed E-state index contributed by atoms with van der Waals surface area (Å²) in [5.74, 6) is 0. The average molecular weight is 171 g/mol. The number of hydrogen-bond acceptors (Lipinski definition) is 3. The monoisotopic (exact) mass is 171 g/mol. The summed E-state index contributed by atoms with van der Waals surface area (Å²) < 4.78 is 0. The molecule has 0 bridgehead atoms. The molecule has 0 saturated heterocycles. The van der Waals surface area contributed by atoms with E-state index in [-0.39, 0.29) is 6.10 Å². The lowest BCUT2D eigenvalue weighted by Crippen LogP contribution is -2.16. The SMILES string of the molecule is CNCC(O)c1cscc1C. The van der Waals surface area contributed by atoms with Crippen molar-refractivity contribution in [1.29, 1.82) is 0 Å². The minimum Gasteiger partial charge on any atom is -0.387 e. The van der Waals surface area contributed by atoms with Crippen LogP contribution in [0.25, 0.3) is 0 Å². The molecule has 11 heavy (non-hydrogen) atoms. The second-order valence-electron chi connectivity index (χ2n) is 2.58. The van der Waals surface area contributed by atoms with Crippen LogP contribution in [0.5, 0.6) is 0 Å². The Balaban J connectivity index is 2.67. The lowest BCUT2D eigenvalue weighted by Gasteiger charge is -2.08. The largest absolute Gasteiger partial charge is 0.387 e. The number of aliphatic hydroxyl groups excluding tert-OH is 1. The minimum atomic E-state index is -0.355. The van der Waals surface area contributed by atoms with Gasteiger partial charge in [0.2, 0.25) is 0 Å². The first kappa shape index (κ1) is 8.71. The Hall–Kier alpha value is -0.380. The molecule has 0 aliphatic carbocycles. The van der Waals surface area contributed by atoms with Gasteiger partial charge in [-0.3, -0.25) is 0 Å². The smallest absolute Gasteiger partial charge is 0.0924 e. The lowest BCUT2D eigenvalue weighted by atomic mass is 10.1. The molecule has 0 fully saturated rings. The van der Waals surface area contributed by atoms with Crippen LogP contribution in [0.4, 0.5) is 0 Å². The van der Waals surface area contributed by atoms with Crippen LogP contribution in [0.15, 0.2) is 10.8 Å². The molecule has 0 aliphatic rings. The third-order valence-corrected chi connectivity index (χ3v) is 2.53. The van der Waals surface area contributed by atoms with Crippen molar-refractivity contribution in [2.75, 3.05) is 13.6 Å². The molecule has 0 radical (unpaired) electrons. The molecule has 1 aromatic rings. The number of likely N-dealkylation sites (N-methyl/N-ethyl adjacent to an activating group) is 1. The van der Waals surface area contributed by atoms with Gasteiger partial charge in [-0.25, -0.2) is 0 Å². The van der Waals surface area contributed by atoms with Gasteiger partial charge in [-0.1, -0.05) is 0 Å². The number of aliphatic hydroxyl groups is 1. The highest BCUT2D eigenvalue weighted by Crippen LogP contribution is 2.20. The topological polar surface area (TPSA) is 32.3 Å². The van der Waals surface area contributed by atoms with Crippen molar-refractivity contribution in [1.82, 2.24) is 5.32 Å². The molecule has 2 N–H and O–H groups in total. The van der Waals surface area contributed by atoms with E-state index < -0.39 is 0 Å². The molecule has 3 heteroatoms. The lowest BCUT2D eigenvalue weighted by molar-refractivity contribution is 0.177. The van der Waals surface area contributed by atoms with E-state index in [0.717, 1.165) is 5.56 Å². The maximum Gasteiger partial charge on any atom is 0.0924 e. The highest BCUT2D eigenvalue weighted by Gasteiger charge is 2.08. The van der Waals surface area contributed by atoms with Gasteiger partial charge in [0, 0.05) is 6.54 Å². The van der Waals surface area contributed by atoms with Crippen LogP contribution in [-0.2, 0) is 0 Å². The summed E-state index contributed by atoms with van der Waals surface area (Å²) in [7, 11) is 1.84. The van der Waals surface area contributed by atoms with Crippen LogP contribution in [0, 0.1) is 6.92 Å². The third-order valence-electron chi connectivity index (χ3n) is 1.65. The molecule has 62 valence electrons. The zero-order valence-corrected chi connectivity index (χ0v) is 7.61. The summed E-state index contributed by atoms with van der Waals surface area (Å²) in [4.78, 5) is 0. The Morgan fingerprint density at radius 3 is 2.82 bits per heavy atom. The fraction of sp³-hybridized carbons (Fsp3) is 0.500. The number of aryl methyl sites for hydroxylation is 1. The summed E-state index contributed by atoms with van der Waals surface area (Å²) in [6, 6.07) is 0. The van der Waals surface area contributed by atoms with Gasteiger partial charge in [-0.2, -0.15) is 11.3 Å². The number of nitrogens with one attached hydrogen (secondary N) is 1. The molecule has 1 unspecified atom stereocenters. The number of thiophene rings is 1. The molecule has 1 heterocycles. The van der Waals surface area contributed by atoms with Crippen molar-refractivity contribution in [3.05, 3.63) is 21.9 Å². The maximum atomic E-state index is 9.53. The molecular weight excluding hydrogens is 158 g/mol. The quantitative estimate of drug-likeness (QED) is 0.718. The number of rotatable bonds is 3. The van der Waals surface area contributed by atoms with Crippen molar-refractivity contribution in [3.63, 3.8) is 0 Å². The normalized spacial score (nSPS) is 13.4. The molecular formula is C8H13NOS. The van der Waals surface area contributed by atoms with Crippen LogP contribution in [-0.4, -0.2) is 18.7 Å². The standard InChI is InChI=1S/C8H13NOS/c1-6-4-11-5-7(6)8(10)3-9-2/h4-5,8-10H,3H2,1-2H3. The second kappa shape index (κ2) is 3.85. The van der Waals surface area contributed by atoms with Gasteiger partial charge >= 0.3 is 0 Å². The zero-order valence-electron chi connectivity index (χ0n) is 6.79. The summed E-state index contributed by atoms with van der Waals surface area (Å²) in [5, 5.41) is 16.5. The number of hydrogen-bond donors (Lipinski definition) is 2. The highest BCUT2D eigenvalue weighted by molar-refractivity contribution is 7.08. The van der Waals surface area contributed by atoms with Crippen molar-refractivity contribution < 1.29 is 5.11 Å². The van der Waals surface area contributed by atoms with Crippen molar-refractivity contribution in [2.45, 2.75) is 13.0 Å². The minimum absolute atomic E-state index is 0.355.